The topological polar surface area (TPSA) is 23.6 Å². The highest BCUT2D eigenvalue weighted by atomic mass is 32.2. The van der Waals surface area contributed by atoms with E-state index in [0.717, 1.165) is 40.0 Å². The van der Waals surface area contributed by atoms with E-state index in [4.69, 9.17) is 0 Å². The Hall–Kier alpha value is -2.37. The summed E-state index contributed by atoms with van der Waals surface area (Å²) in [6, 6.07) is 13.2. The second kappa shape index (κ2) is 9.63. The van der Waals surface area contributed by atoms with Gasteiger partial charge in [-0.25, -0.2) is 4.39 Å². The Morgan fingerprint density at radius 1 is 1.03 bits per heavy atom. The van der Waals surface area contributed by atoms with Crippen LogP contribution in [0.15, 0.2) is 52.9 Å². The maximum Gasteiger partial charge on any atom is 0.226 e. The van der Waals surface area contributed by atoms with E-state index < -0.39 is 0 Å². The fourth-order valence-corrected chi connectivity index (χ4v) is 4.02. The van der Waals surface area contributed by atoms with Gasteiger partial charge < -0.3 is 9.80 Å². The van der Waals surface area contributed by atoms with Crippen LogP contribution in [0.5, 0.6) is 0 Å². The summed E-state index contributed by atoms with van der Waals surface area (Å²) in [5, 5.41) is 0. The number of thioether (sulfide) groups is 1. The van der Waals surface area contributed by atoms with E-state index in [0.29, 0.717) is 6.54 Å². The first-order valence-corrected chi connectivity index (χ1v) is 11.3. The quantitative estimate of drug-likeness (QED) is 0.565. The highest BCUT2D eigenvalue weighted by Gasteiger charge is 2.26. The molecule has 2 aromatic rings. The molecule has 0 radical (unpaired) electrons. The molecular formula is C25H29FN2OS. The van der Waals surface area contributed by atoms with Crippen LogP contribution in [0.25, 0.3) is 17.2 Å². The molecule has 3 rings (SSSR count). The second-order valence-electron chi connectivity index (χ2n) is 7.92. The molecule has 0 atom stereocenters. The van der Waals surface area contributed by atoms with Gasteiger partial charge in [-0.05, 0) is 91.0 Å². The molecule has 0 unspecified atom stereocenters. The maximum absolute atomic E-state index is 14.1. The standard InChI is InChI=1S/C25H29FN2OS/c1-17-22(14-18-6-9-20(30-5)10-7-18)21-11-8-19(26)15-24(21)23(17)16-25(29)28(4)13-12-27(2)3/h6-11,14-15H,12-13,16H2,1-5H3/b22-14-. The lowest BCUT2D eigenvalue weighted by molar-refractivity contribution is -0.128. The van der Waals surface area contributed by atoms with Crippen LogP contribution < -0.4 is 0 Å². The molecule has 5 heteroatoms. The van der Waals surface area contributed by atoms with E-state index in [1.54, 1.807) is 22.7 Å². The van der Waals surface area contributed by atoms with Gasteiger partial charge in [-0.3, -0.25) is 4.79 Å². The largest absolute Gasteiger partial charge is 0.344 e. The van der Waals surface area contributed by atoms with E-state index in [1.807, 2.05) is 34.1 Å². The molecule has 0 bridgehead atoms. The van der Waals surface area contributed by atoms with Gasteiger partial charge in [0.2, 0.25) is 5.91 Å². The number of allylic oxidation sites excluding steroid dienone is 2. The molecule has 0 heterocycles. The van der Waals surface area contributed by atoms with Gasteiger partial charge in [0.15, 0.2) is 0 Å². The first-order chi connectivity index (χ1) is 14.3. The summed E-state index contributed by atoms with van der Waals surface area (Å²) in [5.74, 6) is -0.231. The Labute approximate surface area is 183 Å². The number of likely N-dealkylation sites (N-methyl/N-ethyl adjacent to an activating group) is 2. The van der Waals surface area contributed by atoms with E-state index in [-0.39, 0.29) is 18.1 Å². The van der Waals surface area contributed by atoms with Crippen LogP contribution in [0.4, 0.5) is 4.39 Å². The van der Waals surface area contributed by atoms with Gasteiger partial charge in [0, 0.05) is 25.0 Å². The van der Waals surface area contributed by atoms with Crippen molar-refractivity contribution in [2.24, 2.45) is 0 Å². The molecule has 0 saturated heterocycles. The zero-order chi connectivity index (χ0) is 21.8. The molecule has 0 spiro atoms. The van der Waals surface area contributed by atoms with Crippen molar-refractivity contribution in [3.63, 3.8) is 0 Å². The molecule has 0 N–H and O–H groups in total. The number of carbonyl (C=O) groups is 1. The number of amides is 1. The van der Waals surface area contributed by atoms with Crippen LogP contribution in [0, 0.1) is 5.82 Å². The van der Waals surface area contributed by atoms with Crippen LogP contribution in [0.2, 0.25) is 0 Å². The van der Waals surface area contributed by atoms with Crippen molar-refractivity contribution in [2.75, 3.05) is 40.5 Å². The van der Waals surface area contributed by atoms with Crippen LogP contribution in [0.3, 0.4) is 0 Å². The predicted octanol–water partition coefficient (Wildman–Crippen LogP) is 5.29. The molecular weight excluding hydrogens is 395 g/mol. The monoisotopic (exact) mass is 424 g/mol. The Kier molecular flexibility index (Phi) is 7.16. The lowest BCUT2D eigenvalue weighted by Gasteiger charge is -2.20. The fourth-order valence-electron chi connectivity index (χ4n) is 3.61. The van der Waals surface area contributed by atoms with Gasteiger partial charge in [-0.1, -0.05) is 18.2 Å². The zero-order valence-electron chi connectivity index (χ0n) is 18.3. The summed E-state index contributed by atoms with van der Waals surface area (Å²) < 4.78 is 14.1. The van der Waals surface area contributed by atoms with Crippen LogP contribution in [-0.2, 0) is 4.79 Å². The van der Waals surface area contributed by atoms with Gasteiger partial charge in [0.25, 0.3) is 0 Å². The Morgan fingerprint density at radius 2 is 1.73 bits per heavy atom. The Balaban J connectivity index is 1.94. The lowest BCUT2D eigenvalue weighted by atomic mass is 10.0. The number of hydrogen-bond acceptors (Lipinski definition) is 3. The summed E-state index contributed by atoms with van der Waals surface area (Å²) >= 11 is 1.71. The summed E-state index contributed by atoms with van der Waals surface area (Å²) in [7, 11) is 5.81. The van der Waals surface area contributed by atoms with E-state index in [9.17, 15) is 9.18 Å². The van der Waals surface area contributed by atoms with Crippen molar-refractivity contribution in [1.82, 2.24) is 9.80 Å². The molecule has 1 amide bonds. The summed E-state index contributed by atoms with van der Waals surface area (Å²) in [6.45, 7) is 3.50. The minimum Gasteiger partial charge on any atom is -0.344 e. The van der Waals surface area contributed by atoms with Crippen LogP contribution in [-0.4, -0.2) is 56.2 Å². The van der Waals surface area contributed by atoms with Gasteiger partial charge >= 0.3 is 0 Å². The number of halogens is 1. The molecule has 30 heavy (non-hydrogen) atoms. The smallest absolute Gasteiger partial charge is 0.226 e. The summed E-state index contributed by atoms with van der Waals surface area (Å²) in [6.07, 6.45) is 4.46. The van der Waals surface area contributed by atoms with Crippen molar-refractivity contribution in [2.45, 2.75) is 18.2 Å². The first-order valence-electron chi connectivity index (χ1n) is 10.0. The van der Waals surface area contributed by atoms with Crippen molar-refractivity contribution in [1.29, 1.82) is 0 Å². The number of rotatable bonds is 7. The zero-order valence-corrected chi connectivity index (χ0v) is 19.1. The highest BCUT2D eigenvalue weighted by Crippen LogP contribution is 2.44. The minimum atomic E-state index is -0.280. The molecule has 1 aliphatic carbocycles. The minimum absolute atomic E-state index is 0.0481. The van der Waals surface area contributed by atoms with Gasteiger partial charge in [0.05, 0.1) is 6.42 Å². The molecule has 0 fully saturated rings. The predicted molar refractivity (Wildman–Crippen MR) is 126 cm³/mol. The average molecular weight is 425 g/mol. The highest BCUT2D eigenvalue weighted by molar-refractivity contribution is 7.98. The first kappa shape index (κ1) is 22.3. The third-order valence-electron chi connectivity index (χ3n) is 5.52. The van der Waals surface area contributed by atoms with E-state index >= 15 is 0 Å². The van der Waals surface area contributed by atoms with Crippen molar-refractivity contribution in [3.05, 3.63) is 70.5 Å². The van der Waals surface area contributed by atoms with Crippen LogP contribution in [0.1, 0.15) is 30.0 Å². The lowest BCUT2D eigenvalue weighted by Crippen LogP contribution is -2.33. The molecule has 0 aliphatic heterocycles. The van der Waals surface area contributed by atoms with Crippen molar-refractivity contribution < 1.29 is 9.18 Å². The van der Waals surface area contributed by atoms with Crippen LogP contribution >= 0.6 is 11.8 Å². The number of nitrogens with zero attached hydrogens (tertiary/aromatic N) is 2. The molecule has 158 valence electrons. The Bertz CT molecular complexity index is 993. The fraction of sp³-hybridized carbons (Fsp3) is 0.320. The number of fused-ring (bicyclic) bond motifs is 1. The molecule has 2 aromatic carbocycles. The third-order valence-corrected chi connectivity index (χ3v) is 6.26. The summed E-state index contributed by atoms with van der Waals surface area (Å²) in [4.78, 5) is 17.9. The van der Waals surface area contributed by atoms with Gasteiger partial charge in [-0.15, -0.1) is 11.8 Å². The normalized spacial score (nSPS) is 14.6. The maximum atomic E-state index is 14.1. The van der Waals surface area contributed by atoms with E-state index in [1.165, 1.54) is 11.0 Å². The number of benzene rings is 2. The third kappa shape index (κ3) is 5.02. The van der Waals surface area contributed by atoms with Gasteiger partial charge in [0.1, 0.15) is 5.82 Å². The average Bonchev–Trinajstić information content (AvgIpc) is 2.97. The second-order valence-corrected chi connectivity index (χ2v) is 8.80. The van der Waals surface area contributed by atoms with Crippen molar-refractivity contribution in [3.8, 4) is 0 Å². The Morgan fingerprint density at radius 3 is 2.37 bits per heavy atom. The molecule has 0 aromatic heterocycles. The molecule has 0 saturated carbocycles. The molecule has 3 nitrogen and oxygen atoms in total. The number of hydrogen-bond donors (Lipinski definition) is 0. The van der Waals surface area contributed by atoms with Crippen molar-refractivity contribution >= 4 is 34.9 Å². The summed E-state index contributed by atoms with van der Waals surface area (Å²) in [5.41, 5.74) is 5.92. The SMILES string of the molecule is CSc1ccc(/C=C2/C(C)=C(CC(=O)N(C)CCN(C)C)c3cc(F)ccc32)cc1. The van der Waals surface area contributed by atoms with E-state index in [2.05, 4.69) is 41.5 Å². The molecule has 1 aliphatic rings. The number of carbonyl (C=O) groups excluding carboxylic acids is 1. The van der Waals surface area contributed by atoms with Gasteiger partial charge in [-0.2, -0.15) is 0 Å².